The maximum absolute atomic E-state index is 6.10. The van der Waals surface area contributed by atoms with Gasteiger partial charge in [0.1, 0.15) is 5.75 Å². The SMILES string of the molecule is COc1cccc(Sc2nc3ccccc3[nH]2)c1[C@H](C)N. The number of nitrogens with one attached hydrogen (secondary N) is 1. The third-order valence-electron chi connectivity index (χ3n) is 3.28. The van der Waals surface area contributed by atoms with E-state index in [0.717, 1.165) is 32.4 Å². The van der Waals surface area contributed by atoms with Gasteiger partial charge in [-0.15, -0.1) is 0 Å². The van der Waals surface area contributed by atoms with Crippen molar-refractivity contribution in [3.63, 3.8) is 0 Å². The van der Waals surface area contributed by atoms with Crippen molar-refractivity contribution < 1.29 is 4.74 Å². The predicted molar refractivity (Wildman–Crippen MR) is 85.8 cm³/mol. The highest BCUT2D eigenvalue weighted by atomic mass is 32.2. The van der Waals surface area contributed by atoms with E-state index in [2.05, 4.69) is 9.97 Å². The lowest BCUT2D eigenvalue weighted by molar-refractivity contribution is 0.405. The molecule has 1 aromatic heterocycles. The van der Waals surface area contributed by atoms with Gasteiger partial charge in [-0.3, -0.25) is 0 Å². The fourth-order valence-electron chi connectivity index (χ4n) is 2.32. The number of methoxy groups -OCH3 is 1. The van der Waals surface area contributed by atoms with Gasteiger partial charge >= 0.3 is 0 Å². The third kappa shape index (κ3) is 2.75. The Balaban J connectivity index is 2.01. The Morgan fingerprint density at radius 2 is 2.00 bits per heavy atom. The largest absolute Gasteiger partial charge is 0.496 e. The quantitative estimate of drug-likeness (QED) is 0.770. The number of ether oxygens (including phenoxy) is 1. The van der Waals surface area contributed by atoms with Crippen LogP contribution in [0.15, 0.2) is 52.5 Å². The predicted octanol–water partition coefficient (Wildman–Crippen LogP) is 3.74. The standard InChI is InChI=1S/C16H17N3OS/c1-10(17)15-13(20-2)8-5-9-14(15)21-16-18-11-6-3-4-7-12(11)19-16/h3-10H,17H2,1-2H3,(H,18,19)/t10-/m0/s1. The van der Waals surface area contributed by atoms with Gasteiger partial charge in [-0.05, 0) is 31.2 Å². The van der Waals surface area contributed by atoms with Crippen LogP contribution in [0.1, 0.15) is 18.5 Å². The number of imidazole rings is 1. The molecular weight excluding hydrogens is 282 g/mol. The molecule has 0 radical (unpaired) electrons. The van der Waals surface area contributed by atoms with Gasteiger partial charge in [-0.25, -0.2) is 4.98 Å². The number of aromatic amines is 1. The van der Waals surface area contributed by atoms with Crippen molar-refractivity contribution in [3.8, 4) is 5.75 Å². The van der Waals surface area contributed by atoms with Crippen molar-refractivity contribution in [2.75, 3.05) is 7.11 Å². The van der Waals surface area contributed by atoms with Crippen LogP contribution < -0.4 is 10.5 Å². The van der Waals surface area contributed by atoms with Crippen LogP contribution in [-0.2, 0) is 0 Å². The molecule has 0 aliphatic carbocycles. The number of H-pyrrole nitrogens is 1. The van der Waals surface area contributed by atoms with E-state index in [1.807, 2.05) is 49.4 Å². The molecule has 108 valence electrons. The van der Waals surface area contributed by atoms with E-state index in [0.29, 0.717) is 0 Å². The number of nitrogens with two attached hydrogens (primary N) is 1. The Morgan fingerprint density at radius 1 is 1.19 bits per heavy atom. The Morgan fingerprint density at radius 3 is 2.71 bits per heavy atom. The van der Waals surface area contributed by atoms with E-state index >= 15 is 0 Å². The number of rotatable bonds is 4. The molecule has 5 heteroatoms. The first-order valence-electron chi connectivity index (χ1n) is 6.74. The van der Waals surface area contributed by atoms with Gasteiger partial charge in [-0.2, -0.15) is 0 Å². The van der Waals surface area contributed by atoms with Gasteiger partial charge in [0, 0.05) is 16.5 Å². The second-order valence-electron chi connectivity index (χ2n) is 4.82. The lowest BCUT2D eigenvalue weighted by Crippen LogP contribution is -2.08. The molecular formula is C16H17N3OS. The number of fused-ring (bicyclic) bond motifs is 1. The summed E-state index contributed by atoms with van der Waals surface area (Å²) in [6.45, 7) is 1.96. The summed E-state index contributed by atoms with van der Waals surface area (Å²) in [6.07, 6.45) is 0. The highest BCUT2D eigenvalue weighted by molar-refractivity contribution is 7.99. The first-order valence-corrected chi connectivity index (χ1v) is 7.56. The molecule has 0 amide bonds. The van der Waals surface area contributed by atoms with Crippen LogP contribution in [0.3, 0.4) is 0 Å². The molecule has 0 saturated heterocycles. The molecule has 1 heterocycles. The Bertz CT molecular complexity index is 734. The summed E-state index contributed by atoms with van der Waals surface area (Å²) in [4.78, 5) is 8.97. The summed E-state index contributed by atoms with van der Waals surface area (Å²) in [6, 6.07) is 13.8. The van der Waals surface area contributed by atoms with Gasteiger partial charge in [0.05, 0.1) is 18.1 Å². The molecule has 0 spiro atoms. The molecule has 21 heavy (non-hydrogen) atoms. The summed E-state index contributed by atoms with van der Waals surface area (Å²) in [5.74, 6) is 0.811. The normalized spacial score (nSPS) is 12.5. The fourth-order valence-corrected chi connectivity index (χ4v) is 3.38. The van der Waals surface area contributed by atoms with E-state index in [-0.39, 0.29) is 6.04 Å². The molecule has 2 aromatic carbocycles. The van der Waals surface area contributed by atoms with Crippen LogP contribution in [0.5, 0.6) is 5.75 Å². The highest BCUT2D eigenvalue weighted by Crippen LogP contribution is 2.37. The minimum absolute atomic E-state index is 0.104. The summed E-state index contributed by atoms with van der Waals surface area (Å²) < 4.78 is 5.42. The Hall–Kier alpha value is -1.98. The van der Waals surface area contributed by atoms with E-state index in [1.165, 1.54) is 0 Å². The molecule has 0 unspecified atom stereocenters. The van der Waals surface area contributed by atoms with E-state index in [1.54, 1.807) is 18.9 Å². The van der Waals surface area contributed by atoms with Gasteiger partial charge in [-0.1, -0.05) is 30.0 Å². The maximum Gasteiger partial charge on any atom is 0.171 e. The molecule has 0 bridgehead atoms. The van der Waals surface area contributed by atoms with E-state index < -0.39 is 0 Å². The third-order valence-corrected chi connectivity index (χ3v) is 4.24. The van der Waals surface area contributed by atoms with Crippen LogP contribution >= 0.6 is 11.8 Å². The van der Waals surface area contributed by atoms with E-state index in [4.69, 9.17) is 10.5 Å². The fraction of sp³-hybridized carbons (Fsp3) is 0.188. The molecule has 0 saturated carbocycles. The van der Waals surface area contributed by atoms with Gasteiger partial charge in [0.2, 0.25) is 0 Å². The summed E-state index contributed by atoms with van der Waals surface area (Å²) >= 11 is 1.57. The lowest BCUT2D eigenvalue weighted by Gasteiger charge is -2.15. The smallest absolute Gasteiger partial charge is 0.171 e. The number of benzene rings is 2. The van der Waals surface area contributed by atoms with Crippen molar-refractivity contribution in [3.05, 3.63) is 48.0 Å². The minimum atomic E-state index is -0.104. The van der Waals surface area contributed by atoms with Crippen molar-refractivity contribution in [1.82, 2.24) is 9.97 Å². The zero-order valence-corrected chi connectivity index (χ0v) is 12.8. The van der Waals surface area contributed by atoms with Gasteiger partial charge in [0.15, 0.2) is 5.16 Å². The first kappa shape index (κ1) is 14.0. The van der Waals surface area contributed by atoms with Crippen LogP contribution in [-0.4, -0.2) is 17.1 Å². The molecule has 0 aliphatic rings. The summed E-state index contributed by atoms with van der Waals surface area (Å²) in [7, 11) is 1.66. The second kappa shape index (κ2) is 5.79. The summed E-state index contributed by atoms with van der Waals surface area (Å²) in [5, 5.41) is 0.853. The zero-order chi connectivity index (χ0) is 14.8. The molecule has 0 fully saturated rings. The molecule has 1 atom stereocenters. The van der Waals surface area contributed by atoms with E-state index in [9.17, 15) is 0 Å². The number of hydrogen-bond donors (Lipinski definition) is 2. The number of aromatic nitrogens is 2. The molecule has 4 nitrogen and oxygen atoms in total. The molecule has 3 N–H and O–H groups in total. The minimum Gasteiger partial charge on any atom is -0.496 e. The zero-order valence-electron chi connectivity index (χ0n) is 12.0. The number of para-hydroxylation sites is 2. The van der Waals surface area contributed by atoms with Gasteiger partial charge in [0.25, 0.3) is 0 Å². The average molecular weight is 299 g/mol. The van der Waals surface area contributed by atoms with Crippen LogP contribution in [0.2, 0.25) is 0 Å². The highest BCUT2D eigenvalue weighted by Gasteiger charge is 2.15. The maximum atomic E-state index is 6.10. The summed E-state index contributed by atoms with van der Waals surface area (Å²) in [5.41, 5.74) is 9.10. The molecule has 0 aliphatic heterocycles. The van der Waals surface area contributed by atoms with Crippen LogP contribution in [0, 0.1) is 0 Å². The Kier molecular flexibility index (Phi) is 3.86. The lowest BCUT2D eigenvalue weighted by atomic mass is 10.1. The monoisotopic (exact) mass is 299 g/mol. The average Bonchev–Trinajstić information content (AvgIpc) is 2.88. The van der Waals surface area contributed by atoms with Crippen molar-refractivity contribution in [2.24, 2.45) is 5.73 Å². The van der Waals surface area contributed by atoms with Crippen molar-refractivity contribution in [2.45, 2.75) is 23.0 Å². The van der Waals surface area contributed by atoms with Crippen LogP contribution in [0.25, 0.3) is 11.0 Å². The van der Waals surface area contributed by atoms with Crippen molar-refractivity contribution >= 4 is 22.8 Å². The first-order chi connectivity index (χ1) is 10.2. The Labute approximate surface area is 127 Å². The number of nitrogens with zero attached hydrogens (tertiary/aromatic N) is 1. The molecule has 3 aromatic rings. The van der Waals surface area contributed by atoms with Gasteiger partial charge < -0.3 is 15.5 Å². The van der Waals surface area contributed by atoms with Crippen molar-refractivity contribution in [1.29, 1.82) is 0 Å². The van der Waals surface area contributed by atoms with Crippen LogP contribution in [0.4, 0.5) is 0 Å². The number of hydrogen-bond acceptors (Lipinski definition) is 4. The second-order valence-corrected chi connectivity index (χ2v) is 5.85. The molecule has 3 rings (SSSR count). The topological polar surface area (TPSA) is 63.9 Å².